The molecule has 0 radical (unpaired) electrons. The van der Waals surface area contributed by atoms with Crippen molar-refractivity contribution in [1.29, 1.82) is 0 Å². The van der Waals surface area contributed by atoms with E-state index < -0.39 is 17.5 Å². The summed E-state index contributed by atoms with van der Waals surface area (Å²) in [6, 6.07) is 5.11. The van der Waals surface area contributed by atoms with Gasteiger partial charge in [-0.2, -0.15) is 4.39 Å². The Hall–Kier alpha value is -1.97. The Balaban J connectivity index is 1.41. The molecular weight excluding hydrogens is 397 g/mol. The number of aryl methyl sites for hydroxylation is 1. The zero-order valence-electron chi connectivity index (χ0n) is 18.7. The van der Waals surface area contributed by atoms with Gasteiger partial charge in [0, 0.05) is 11.1 Å². The molecule has 4 rings (SSSR count). The lowest BCUT2D eigenvalue weighted by Crippen LogP contribution is -2.20. The van der Waals surface area contributed by atoms with Crippen molar-refractivity contribution in [3.63, 3.8) is 0 Å². The predicted octanol–water partition coefficient (Wildman–Crippen LogP) is 8.47. The molecule has 0 bridgehead atoms. The van der Waals surface area contributed by atoms with Crippen LogP contribution in [0.3, 0.4) is 0 Å². The normalized spacial score (nSPS) is 19.5. The van der Waals surface area contributed by atoms with Gasteiger partial charge >= 0.3 is 0 Å². The number of hydrogen-bond acceptors (Lipinski definition) is 1. The topological polar surface area (TPSA) is 9.23 Å². The largest absolute Gasteiger partial charge is 0.490 e. The second-order valence-corrected chi connectivity index (χ2v) is 9.33. The number of rotatable bonds is 9. The van der Waals surface area contributed by atoms with Crippen molar-refractivity contribution in [3.05, 3.63) is 41.2 Å². The molecule has 2 aromatic carbocycles. The van der Waals surface area contributed by atoms with Crippen molar-refractivity contribution in [2.24, 2.45) is 11.8 Å². The second kappa shape index (κ2) is 9.67. The van der Waals surface area contributed by atoms with E-state index in [1.54, 1.807) is 12.1 Å². The maximum absolute atomic E-state index is 14.8. The van der Waals surface area contributed by atoms with E-state index in [4.69, 9.17) is 4.74 Å². The van der Waals surface area contributed by atoms with Crippen molar-refractivity contribution in [3.8, 4) is 28.0 Å². The minimum atomic E-state index is -1.00. The van der Waals surface area contributed by atoms with Gasteiger partial charge < -0.3 is 4.74 Å². The first-order chi connectivity index (χ1) is 15.0. The van der Waals surface area contributed by atoms with Gasteiger partial charge in [-0.05, 0) is 53.9 Å². The molecule has 31 heavy (non-hydrogen) atoms. The quantitative estimate of drug-likeness (QED) is 0.309. The summed E-state index contributed by atoms with van der Waals surface area (Å²) in [4.78, 5) is 0. The van der Waals surface area contributed by atoms with Gasteiger partial charge in [0.2, 0.25) is 5.82 Å². The van der Waals surface area contributed by atoms with Crippen LogP contribution in [0.15, 0.2) is 18.2 Å². The molecule has 1 fully saturated rings. The van der Waals surface area contributed by atoms with Gasteiger partial charge in [-0.1, -0.05) is 70.9 Å². The molecule has 0 N–H and O–H groups in total. The van der Waals surface area contributed by atoms with Crippen LogP contribution in [0.2, 0.25) is 0 Å². The number of fused-ring (bicyclic) bond motifs is 4. The van der Waals surface area contributed by atoms with Crippen LogP contribution in [-0.2, 0) is 6.42 Å². The van der Waals surface area contributed by atoms with E-state index in [1.807, 2.05) is 13.0 Å². The fraction of sp³-hybridized carbons (Fsp3) is 0.556. The van der Waals surface area contributed by atoms with Gasteiger partial charge in [-0.15, -0.1) is 0 Å². The third kappa shape index (κ3) is 4.36. The molecule has 0 aliphatic heterocycles. The summed E-state index contributed by atoms with van der Waals surface area (Å²) in [6.07, 6.45) is 11.1. The Bertz CT molecular complexity index is 929. The third-order valence-corrected chi connectivity index (χ3v) is 7.11. The first-order valence-electron chi connectivity index (χ1n) is 12.0. The predicted molar refractivity (Wildman–Crippen MR) is 120 cm³/mol. The SMILES string of the molecule is CCCCCC1CCC(COc2cc3c(c(F)c2F)-c2c-3ccc(CCC)c2F)CC1. The van der Waals surface area contributed by atoms with E-state index in [-0.39, 0.29) is 16.9 Å². The summed E-state index contributed by atoms with van der Waals surface area (Å²) < 4.78 is 50.1. The van der Waals surface area contributed by atoms with Crippen LogP contribution >= 0.6 is 0 Å². The highest BCUT2D eigenvalue weighted by Crippen LogP contribution is 2.52. The van der Waals surface area contributed by atoms with Crippen molar-refractivity contribution in [2.45, 2.75) is 78.1 Å². The molecule has 1 saturated carbocycles. The maximum Gasteiger partial charge on any atom is 0.201 e. The molecule has 0 saturated heterocycles. The molecule has 0 unspecified atom stereocenters. The maximum atomic E-state index is 14.8. The molecule has 0 atom stereocenters. The standard InChI is InChI=1S/C27H33F3O/c1-3-5-6-8-17-9-11-18(12-10-17)16-31-22-15-21-20-14-13-19(7-4-2)25(28)23(20)24(21)27(30)26(22)29/h13-15,17-18H,3-12,16H2,1-2H3. The Morgan fingerprint density at radius 3 is 2.23 bits per heavy atom. The molecule has 0 spiro atoms. The summed E-state index contributed by atoms with van der Waals surface area (Å²) in [7, 11) is 0. The molecule has 2 aliphatic rings. The lowest BCUT2D eigenvalue weighted by Gasteiger charge is -2.30. The smallest absolute Gasteiger partial charge is 0.201 e. The van der Waals surface area contributed by atoms with Crippen LogP contribution in [0.25, 0.3) is 22.3 Å². The van der Waals surface area contributed by atoms with E-state index >= 15 is 0 Å². The van der Waals surface area contributed by atoms with E-state index in [9.17, 15) is 13.2 Å². The molecule has 2 aliphatic carbocycles. The first-order valence-corrected chi connectivity index (χ1v) is 12.0. The minimum Gasteiger partial charge on any atom is -0.490 e. The molecule has 4 heteroatoms. The molecule has 0 heterocycles. The van der Waals surface area contributed by atoms with Crippen molar-refractivity contribution >= 4 is 0 Å². The Kier molecular flexibility index (Phi) is 6.93. The Labute approximate surface area is 184 Å². The summed E-state index contributed by atoms with van der Waals surface area (Å²) >= 11 is 0. The molecule has 168 valence electrons. The minimum absolute atomic E-state index is 0.0509. The highest BCUT2D eigenvalue weighted by atomic mass is 19.2. The molecular formula is C27H33F3O. The summed E-state index contributed by atoms with van der Waals surface area (Å²) in [6.45, 7) is 4.61. The van der Waals surface area contributed by atoms with Crippen LogP contribution in [0, 0.1) is 29.3 Å². The highest BCUT2D eigenvalue weighted by Gasteiger charge is 2.34. The molecule has 2 aromatic rings. The van der Waals surface area contributed by atoms with Gasteiger partial charge in [0.1, 0.15) is 5.82 Å². The van der Waals surface area contributed by atoms with Gasteiger partial charge in [-0.3, -0.25) is 0 Å². The van der Waals surface area contributed by atoms with Crippen LogP contribution in [0.4, 0.5) is 13.2 Å². The van der Waals surface area contributed by atoms with Gasteiger partial charge in [0.05, 0.1) is 6.61 Å². The van der Waals surface area contributed by atoms with Crippen molar-refractivity contribution in [2.75, 3.05) is 6.61 Å². The number of ether oxygens (including phenoxy) is 1. The van der Waals surface area contributed by atoms with Crippen LogP contribution in [0.5, 0.6) is 5.75 Å². The van der Waals surface area contributed by atoms with Crippen LogP contribution < -0.4 is 4.74 Å². The van der Waals surface area contributed by atoms with Gasteiger partial charge in [0.15, 0.2) is 11.6 Å². The van der Waals surface area contributed by atoms with Crippen molar-refractivity contribution < 1.29 is 17.9 Å². The first kappa shape index (κ1) is 22.2. The number of halogens is 3. The zero-order valence-corrected chi connectivity index (χ0v) is 18.7. The summed E-state index contributed by atoms with van der Waals surface area (Å²) in [5.41, 5.74) is 2.01. The second-order valence-electron chi connectivity index (χ2n) is 9.33. The number of hydrogen-bond donors (Lipinski definition) is 0. The average molecular weight is 431 g/mol. The average Bonchev–Trinajstić information content (AvgIpc) is 2.76. The van der Waals surface area contributed by atoms with Crippen molar-refractivity contribution in [1.82, 2.24) is 0 Å². The Morgan fingerprint density at radius 2 is 1.52 bits per heavy atom. The van der Waals surface area contributed by atoms with E-state index in [0.717, 1.165) is 25.2 Å². The third-order valence-electron chi connectivity index (χ3n) is 7.11. The number of benzene rings is 2. The fourth-order valence-corrected chi connectivity index (χ4v) is 5.23. The van der Waals surface area contributed by atoms with Gasteiger partial charge in [-0.25, -0.2) is 8.78 Å². The van der Waals surface area contributed by atoms with E-state index in [1.165, 1.54) is 38.5 Å². The number of unbranched alkanes of at least 4 members (excludes halogenated alkanes) is 2. The van der Waals surface area contributed by atoms with Crippen LogP contribution in [-0.4, -0.2) is 6.61 Å². The Morgan fingerprint density at radius 1 is 0.806 bits per heavy atom. The van der Waals surface area contributed by atoms with E-state index in [2.05, 4.69) is 6.92 Å². The molecule has 0 amide bonds. The summed E-state index contributed by atoms with van der Waals surface area (Å²) in [5.74, 6) is -1.28. The summed E-state index contributed by atoms with van der Waals surface area (Å²) in [5, 5.41) is 0. The monoisotopic (exact) mass is 430 g/mol. The lowest BCUT2D eigenvalue weighted by molar-refractivity contribution is 0.172. The highest BCUT2D eigenvalue weighted by molar-refractivity contribution is 6.03. The zero-order chi connectivity index (χ0) is 22.0. The molecule has 1 nitrogen and oxygen atoms in total. The van der Waals surface area contributed by atoms with Gasteiger partial charge in [0.25, 0.3) is 0 Å². The van der Waals surface area contributed by atoms with E-state index in [0.29, 0.717) is 35.6 Å². The fourth-order valence-electron chi connectivity index (χ4n) is 5.23. The molecule has 0 aromatic heterocycles. The van der Waals surface area contributed by atoms with Crippen LogP contribution in [0.1, 0.15) is 77.2 Å². The lowest BCUT2D eigenvalue weighted by atomic mass is 9.78.